The summed E-state index contributed by atoms with van der Waals surface area (Å²) in [5.41, 5.74) is 10.2. The van der Waals surface area contributed by atoms with E-state index in [2.05, 4.69) is 0 Å². The van der Waals surface area contributed by atoms with Gasteiger partial charge in [0.15, 0.2) is 0 Å². The van der Waals surface area contributed by atoms with Crippen molar-refractivity contribution >= 4 is 21.5 Å². The van der Waals surface area contributed by atoms with Crippen LogP contribution in [-0.2, 0) is 16.3 Å². The predicted molar refractivity (Wildman–Crippen MR) is 74.5 cm³/mol. The third-order valence-corrected chi connectivity index (χ3v) is 3.96. The van der Waals surface area contributed by atoms with Gasteiger partial charge in [0.2, 0.25) is 0 Å². The Kier molecular flexibility index (Phi) is 3.92. The van der Waals surface area contributed by atoms with Gasteiger partial charge in [-0.2, -0.15) is 21.6 Å². The van der Waals surface area contributed by atoms with Crippen molar-refractivity contribution in [2.45, 2.75) is 11.1 Å². The smallest absolute Gasteiger partial charge is 0.397 e. The average Bonchev–Trinajstić information content (AvgIpc) is 2.42. The maximum absolute atomic E-state index is 12.6. The van der Waals surface area contributed by atoms with Crippen LogP contribution in [0, 0.1) is 0 Å². The molecule has 0 unspecified atom stereocenters. The normalized spacial score (nSPS) is 12.1. The van der Waals surface area contributed by atoms with Gasteiger partial charge in [0, 0.05) is 6.07 Å². The Morgan fingerprint density at radius 1 is 0.955 bits per heavy atom. The highest BCUT2D eigenvalue weighted by molar-refractivity contribution is 7.87. The minimum atomic E-state index is -4.66. The van der Waals surface area contributed by atoms with Crippen molar-refractivity contribution in [1.82, 2.24) is 0 Å². The minimum absolute atomic E-state index is 0.0942. The summed E-state index contributed by atoms with van der Waals surface area (Å²) in [6.07, 6.45) is -4.66. The number of anilines is 2. The summed E-state index contributed by atoms with van der Waals surface area (Å²) < 4.78 is 66.6. The Bertz CT molecular complexity index is 804. The van der Waals surface area contributed by atoms with Gasteiger partial charge in [-0.05, 0) is 30.3 Å². The molecular weight excluding hydrogens is 321 g/mol. The van der Waals surface area contributed by atoms with E-state index >= 15 is 0 Å². The summed E-state index contributed by atoms with van der Waals surface area (Å²) in [7, 11) is -4.42. The van der Waals surface area contributed by atoms with Crippen molar-refractivity contribution in [3.8, 4) is 5.75 Å². The van der Waals surface area contributed by atoms with Crippen LogP contribution in [0.15, 0.2) is 47.4 Å². The van der Waals surface area contributed by atoms with Gasteiger partial charge in [-0.1, -0.05) is 6.07 Å². The molecule has 0 fully saturated rings. The van der Waals surface area contributed by atoms with E-state index in [1.807, 2.05) is 0 Å². The van der Waals surface area contributed by atoms with Crippen molar-refractivity contribution in [3.05, 3.63) is 48.0 Å². The fourth-order valence-corrected chi connectivity index (χ4v) is 2.58. The number of nitrogen functional groups attached to an aromatic ring is 2. The zero-order chi connectivity index (χ0) is 16.5. The fourth-order valence-electron chi connectivity index (χ4n) is 1.61. The van der Waals surface area contributed by atoms with E-state index in [4.69, 9.17) is 15.7 Å². The standard InChI is InChI=1S/C13H11F3N2O3S/c14-13(15,16)8-2-1-3-10(6-8)22(19,20)21-9-4-5-11(17)12(18)7-9/h1-7H,17-18H2. The molecule has 2 aromatic carbocycles. The second-order valence-corrected chi connectivity index (χ2v) is 5.90. The number of hydrogen-bond acceptors (Lipinski definition) is 5. The zero-order valence-corrected chi connectivity index (χ0v) is 11.8. The number of rotatable bonds is 3. The zero-order valence-electron chi connectivity index (χ0n) is 11.0. The molecule has 0 radical (unpaired) electrons. The Balaban J connectivity index is 2.36. The highest BCUT2D eigenvalue weighted by Gasteiger charge is 2.32. The molecule has 118 valence electrons. The van der Waals surface area contributed by atoms with Crippen molar-refractivity contribution in [2.24, 2.45) is 0 Å². The molecule has 0 heterocycles. The van der Waals surface area contributed by atoms with E-state index in [1.165, 1.54) is 18.2 Å². The van der Waals surface area contributed by atoms with Crippen LogP contribution in [-0.4, -0.2) is 8.42 Å². The van der Waals surface area contributed by atoms with Crippen LogP contribution in [0.3, 0.4) is 0 Å². The van der Waals surface area contributed by atoms with Crippen LogP contribution in [0.4, 0.5) is 24.5 Å². The van der Waals surface area contributed by atoms with Crippen LogP contribution in [0.2, 0.25) is 0 Å². The largest absolute Gasteiger partial charge is 0.416 e. The van der Waals surface area contributed by atoms with Crippen LogP contribution in [0.1, 0.15) is 5.56 Å². The molecule has 9 heteroatoms. The lowest BCUT2D eigenvalue weighted by atomic mass is 10.2. The van der Waals surface area contributed by atoms with Gasteiger partial charge in [-0.3, -0.25) is 0 Å². The monoisotopic (exact) mass is 332 g/mol. The van der Waals surface area contributed by atoms with Gasteiger partial charge in [0.25, 0.3) is 0 Å². The molecule has 5 nitrogen and oxygen atoms in total. The van der Waals surface area contributed by atoms with Gasteiger partial charge in [0.05, 0.1) is 16.9 Å². The third-order valence-electron chi connectivity index (χ3n) is 2.71. The first-order valence-corrected chi connectivity index (χ1v) is 7.27. The maximum atomic E-state index is 12.6. The molecule has 0 spiro atoms. The van der Waals surface area contributed by atoms with E-state index in [1.54, 1.807) is 0 Å². The number of alkyl halides is 3. The molecule has 0 saturated heterocycles. The summed E-state index contributed by atoms with van der Waals surface area (Å²) in [5.74, 6) is -0.149. The van der Waals surface area contributed by atoms with Gasteiger partial charge < -0.3 is 15.7 Å². The van der Waals surface area contributed by atoms with Crippen LogP contribution < -0.4 is 15.7 Å². The van der Waals surface area contributed by atoms with E-state index < -0.39 is 26.8 Å². The molecule has 0 aliphatic heterocycles. The quantitative estimate of drug-likeness (QED) is 0.665. The Hall–Kier alpha value is -2.42. The summed E-state index contributed by atoms with van der Waals surface area (Å²) in [4.78, 5) is -0.613. The van der Waals surface area contributed by atoms with Crippen LogP contribution in [0.5, 0.6) is 5.75 Å². The number of halogens is 3. The Morgan fingerprint density at radius 3 is 2.23 bits per heavy atom. The molecule has 0 aliphatic carbocycles. The van der Waals surface area contributed by atoms with Gasteiger partial charge in [-0.15, -0.1) is 0 Å². The predicted octanol–water partition coefficient (Wildman–Crippen LogP) is 2.64. The summed E-state index contributed by atoms with van der Waals surface area (Å²) in [5, 5.41) is 0. The number of benzene rings is 2. The summed E-state index contributed by atoms with van der Waals surface area (Å²) >= 11 is 0. The van der Waals surface area contributed by atoms with E-state index in [0.29, 0.717) is 6.07 Å². The van der Waals surface area contributed by atoms with Gasteiger partial charge in [0.1, 0.15) is 10.6 Å². The molecule has 0 atom stereocenters. The van der Waals surface area contributed by atoms with Gasteiger partial charge in [-0.25, -0.2) is 0 Å². The topological polar surface area (TPSA) is 95.4 Å². The van der Waals surface area contributed by atoms with Crippen LogP contribution >= 0.6 is 0 Å². The molecule has 0 saturated carbocycles. The Morgan fingerprint density at radius 2 is 1.64 bits per heavy atom. The van der Waals surface area contributed by atoms with Crippen LogP contribution in [0.25, 0.3) is 0 Å². The van der Waals surface area contributed by atoms with E-state index in [-0.39, 0.29) is 17.1 Å². The average molecular weight is 332 g/mol. The number of hydrogen-bond donors (Lipinski definition) is 2. The molecule has 0 bridgehead atoms. The molecule has 0 aromatic heterocycles. The maximum Gasteiger partial charge on any atom is 0.416 e. The number of nitrogens with two attached hydrogens (primary N) is 2. The van der Waals surface area contributed by atoms with E-state index in [9.17, 15) is 21.6 Å². The third kappa shape index (κ3) is 3.42. The molecule has 4 N–H and O–H groups in total. The van der Waals surface area contributed by atoms with Crippen molar-refractivity contribution in [2.75, 3.05) is 11.5 Å². The molecule has 0 aliphatic rings. The van der Waals surface area contributed by atoms with Crippen molar-refractivity contribution in [1.29, 1.82) is 0 Å². The second-order valence-electron chi connectivity index (χ2n) is 4.35. The first kappa shape index (κ1) is 16.0. The van der Waals surface area contributed by atoms with Crippen molar-refractivity contribution < 1.29 is 25.8 Å². The minimum Gasteiger partial charge on any atom is -0.397 e. The molecule has 0 amide bonds. The highest BCUT2D eigenvalue weighted by Crippen LogP contribution is 2.31. The highest BCUT2D eigenvalue weighted by atomic mass is 32.2. The molecule has 2 rings (SSSR count). The first-order valence-electron chi connectivity index (χ1n) is 5.86. The first-order chi connectivity index (χ1) is 10.1. The van der Waals surface area contributed by atoms with Gasteiger partial charge >= 0.3 is 16.3 Å². The lowest BCUT2D eigenvalue weighted by molar-refractivity contribution is -0.137. The molecule has 22 heavy (non-hydrogen) atoms. The lowest BCUT2D eigenvalue weighted by Crippen LogP contribution is -2.12. The SMILES string of the molecule is Nc1ccc(OS(=O)(=O)c2cccc(C(F)(F)F)c2)cc1N. The van der Waals surface area contributed by atoms with E-state index in [0.717, 1.165) is 18.2 Å². The second kappa shape index (κ2) is 5.41. The fraction of sp³-hybridized carbons (Fsp3) is 0.0769. The summed E-state index contributed by atoms with van der Waals surface area (Å²) in [6, 6.07) is 6.99. The van der Waals surface area contributed by atoms with Crippen molar-refractivity contribution in [3.63, 3.8) is 0 Å². The molecule has 2 aromatic rings. The summed E-state index contributed by atoms with van der Waals surface area (Å²) in [6.45, 7) is 0. The Labute approximate surface area is 124 Å². The lowest BCUT2D eigenvalue weighted by Gasteiger charge is -2.11. The molecular formula is C13H11F3N2O3S.